The maximum absolute atomic E-state index is 13.0. The number of nitrogens with one attached hydrogen (secondary N) is 2. The largest absolute Gasteiger partial charge is 0.376 e. The predicted molar refractivity (Wildman–Crippen MR) is 87.4 cm³/mol. The molecule has 25 heavy (non-hydrogen) atoms. The Balaban J connectivity index is 1.40. The molecular formula is C17H27F2N3O3. The lowest BCUT2D eigenvalue weighted by atomic mass is 9.73. The van der Waals surface area contributed by atoms with E-state index in [4.69, 9.17) is 4.74 Å². The Hall–Kier alpha value is -1.44. The molecule has 3 fully saturated rings. The molecule has 2 aliphatic heterocycles. The van der Waals surface area contributed by atoms with Gasteiger partial charge in [-0.05, 0) is 31.1 Å². The highest BCUT2D eigenvalue weighted by Gasteiger charge is 2.50. The second-order valence-electron chi connectivity index (χ2n) is 7.72. The molecular weight excluding hydrogens is 332 g/mol. The van der Waals surface area contributed by atoms with E-state index in [1.807, 2.05) is 0 Å². The summed E-state index contributed by atoms with van der Waals surface area (Å²) < 4.78 is 31.8. The number of urea groups is 1. The number of nitrogens with zero attached hydrogens (tertiary/aromatic N) is 1. The second-order valence-corrected chi connectivity index (χ2v) is 7.72. The number of halogens is 2. The number of alkyl halides is 2. The minimum Gasteiger partial charge on any atom is -0.376 e. The van der Waals surface area contributed by atoms with Crippen LogP contribution in [0.4, 0.5) is 13.6 Å². The fraction of sp³-hybridized carbons (Fsp3) is 0.882. The molecule has 3 amide bonds. The first-order valence-electron chi connectivity index (χ1n) is 9.06. The number of amides is 3. The molecule has 2 N–H and O–H groups in total. The summed E-state index contributed by atoms with van der Waals surface area (Å²) in [5.41, 5.74) is 0.0871. The molecule has 1 spiro atoms. The number of carbonyl (C=O) groups excluding carboxylic acids is 2. The number of hydrogen-bond acceptors (Lipinski definition) is 3. The summed E-state index contributed by atoms with van der Waals surface area (Å²) in [4.78, 5) is 25.3. The molecule has 6 nitrogen and oxygen atoms in total. The van der Waals surface area contributed by atoms with Gasteiger partial charge in [-0.15, -0.1) is 0 Å². The van der Waals surface area contributed by atoms with Gasteiger partial charge in [-0.3, -0.25) is 4.79 Å². The smallest absolute Gasteiger partial charge is 0.314 e. The Morgan fingerprint density at radius 2 is 1.88 bits per heavy atom. The first-order chi connectivity index (χ1) is 11.8. The highest BCUT2D eigenvalue weighted by Crippen LogP contribution is 2.45. The number of piperidine rings is 1. The molecule has 142 valence electrons. The Labute approximate surface area is 146 Å². The number of carbonyl (C=O) groups is 2. The fourth-order valence-corrected chi connectivity index (χ4v) is 4.06. The van der Waals surface area contributed by atoms with Crippen molar-refractivity contribution in [1.82, 2.24) is 15.5 Å². The molecule has 3 rings (SSSR count). The number of ether oxygens (including phenoxy) is 1. The second kappa shape index (κ2) is 7.05. The van der Waals surface area contributed by atoms with Crippen LogP contribution in [0, 0.1) is 11.3 Å². The van der Waals surface area contributed by atoms with Crippen molar-refractivity contribution < 1.29 is 23.1 Å². The van der Waals surface area contributed by atoms with E-state index in [2.05, 4.69) is 10.6 Å². The topological polar surface area (TPSA) is 70.7 Å². The molecule has 0 bridgehead atoms. The average Bonchev–Trinajstić information content (AvgIpc) is 2.59. The van der Waals surface area contributed by atoms with Crippen molar-refractivity contribution in [3.63, 3.8) is 0 Å². The lowest BCUT2D eigenvalue weighted by Crippen LogP contribution is -2.52. The van der Waals surface area contributed by atoms with Crippen LogP contribution in [0.3, 0.4) is 0 Å². The van der Waals surface area contributed by atoms with E-state index in [1.165, 1.54) is 0 Å². The highest BCUT2D eigenvalue weighted by molar-refractivity contribution is 5.80. The van der Waals surface area contributed by atoms with Gasteiger partial charge in [-0.25, -0.2) is 13.6 Å². The highest BCUT2D eigenvalue weighted by atomic mass is 19.3. The summed E-state index contributed by atoms with van der Waals surface area (Å²) in [7, 11) is 1.58. The molecule has 0 aromatic heterocycles. The normalized spacial score (nSPS) is 28.3. The lowest BCUT2D eigenvalue weighted by molar-refractivity contribution is -0.163. The summed E-state index contributed by atoms with van der Waals surface area (Å²) in [5, 5.41) is 5.27. The maximum Gasteiger partial charge on any atom is 0.314 e. The van der Waals surface area contributed by atoms with E-state index in [-0.39, 0.29) is 36.3 Å². The van der Waals surface area contributed by atoms with Crippen LogP contribution >= 0.6 is 0 Å². The zero-order valence-electron chi connectivity index (χ0n) is 14.7. The molecule has 1 atom stereocenters. The third-order valence-electron chi connectivity index (χ3n) is 5.91. The van der Waals surface area contributed by atoms with Gasteiger partial charge in [-0.2, -0.15) is 0 Å². The number of rotatable bonds is 3. The molecule has 3 aliphatic rings. The Morgan fingerprint density at radius 1 is 1.20 bits per heavy atom. The lowest BCUT2D eigenvalue weighted by Gasteiger charge is -2.47. The SMILES string of the molecule is CNC(=O)NCC1CCC2(CCN(C(=O)C3CC(F)(F)C3)CC2)CO1. The van der Waals surface area contributed by atoms with Crippen LogP contribution in [0.5, 0.6) is 0 Å². The summed E-state index contributed by atoms with van der Waals surface area (Å²) in [6, 6.07) is -0.211. The first-order valence-corrected chi connectivity index (χ1v) is 9.06. The minimum atomic E-state index is -2.65. The molecule has 1 aliphatic carbocycles. The van der Waals surface area contributed by atoms with Crippen LogP contribution in [0.2, 0.25) is 0 Å². The third-order valence-corrected chi connectivity index (χ3v) is 5.91. The van der Waals surface area contributed by atoms with Crippen molar-refractivity contribution >= 4 is 11.9 Å². The van der Waals surface area contributed by atoms with E-state index in [1.54, 1.807) is 11.9 Å². The standard InChI is InChI=1S/C17H27F2N3O3/c1-20-15(24)21-10-13-2-3-16(11-25-13)4-6-22(7-5-16)14(23)12-8-17(18,19)9-12/h12-13H,2-11H2,1H3,(H2,20,21,24). The molecule has 0 radical (unpaired) electrons. The van der Waals surface area contributed by atoms with Gasteiger partial charge in [0, 0.05) is 45.4 Å². The van der Waals surface area contributed by atoms with E-state index < -0.39 is 11.8 Å². The van der Waals surface area contributed by atoms with Gasteiger partial charge in [0.15, 0.2) is 0 Å². The van der Waals surface area contributed by atoms with Crippen LogP contribution in [0.15, 0.2) is 0 Å². The molecule has 1 unspecified atom stereocenters. The van der Waals surface area contributed by atoms with Gasteiger partial charge in [0.2, 0.25) is 11.8 Å². The van der Waals surface area contributed by atoms with Gasteiger partial charge in [0.05, 0.1) is 12.7 Å². The van der Waals surface area contributed by atoms with E-state index in [0.29, 0.717) is 26.2 Å². The summed E-state index contributed by atoms with van der Waals surface area (Å²) in [6.07, 6.45) is 3.05. The third kappa shape index (κ3) is 4.22. The van der Waals surface area contributed by atoms with Crippen LogP contribution in [0.1, 0.15) is 38.5 Å². The Kier molecular flexibility index (Phi) is 5.18. The van der Waals surface area contributed by atoms with Gasteiger partial charge in [-0.1, -0.05) is 0 Å². The van der Waals surface area contributed by atoms with Crippen molar-refractivity contribution in [2.45, 2.75) is 50.6 Å². The molecule has 2 heterocycles. The monoisotopic (exact) mass is 359 g/mol. The summed E-state index contributed by atoms with van der Waals surface area (Å²) in [6.45, 7) is 2.39. The van der Waals surface area contributed by atoms with Crippen molar-refractivity contribution in [2.75, 3.05) is 33.3 Å². The van der Waals surface area contributed by atoms with Gasteiger partial charge in [0.1, 0.15) is 0 Å². The molecule has 1 saturated carbocycles. The molecule has 2 saturated heterocycles. The van der Waals surface area contributed by atoms with Crippen molar-refractivity contribution in [2.24, 2.45) is 11.3 Å². The number of likely N-dealkylation sites (tertiary alicyclic amines) is 1. The minimum absolute atomic E-state index is 0.0276. The molecule has 0 aromatic carbocycles. The van der Waals surface area contributed by atoms with Crippen LogP contribution in [0.25, 0.3) is 0 Å². The molecule has 0 aromatic rings. The van der Waals surface area contributed by atoms with E-state index in [9.17, 15) is 18.4 Å². The van der Waals surface area contributed by atoms with E-state index >= 15 is 0 Å². The number of hydrogen-bond donors (Lipinski definition) is 2. The Bertz CT molecular complexity index is 503. The zero-order valence-corrected chi connectivity index (χ0v) is 14.7. The van der Waals surface area contributed by atoms with E-state index in [0.717, 1.165) is 25.7 Å². The summed E-state index contributed by atoms with van der Waals surface area (Å²) in [5.74, 6) is -3.25. The van der Waals surface area contributed by atoms with Crippen molar-refractivity contribution in [3.05, 3.63) is 0 Å². The van der Waals surface area contributed by atoms with Crippen molar-refractivity contribution in [3.8, 4) is 0 Å². The van der Waals surface area contributed by atoms with Gasteiger partial charge < -0.3 is 20.3 Å². The van der Waals surface area contributed by atoms with Gasteiger partial charge >= 0.3 is 6.03 Å². The van der Waals surface area contributed by atoms with Crippen LogP contribution in [-0.4, -0.2) is 62.2 Å². The average molecular weight is 359 g/mol. The predicted octanol–water partition coefficient (Wildman–Crippen LogP) is 1.75. The van der Waals surface area contributed by atoms with Crippen LogP contribution < -0.4 is 10.6 Å². The maximum atomic E-state index is 13.0. The van der Waals surface area contributed by atoms with Gasteiger partial charge in [0.25, 0.3) is 0 Å². The quantitative estimate of drug-likeness (QED) is 0.807. The molecule has 8 heteroatoms. The van der Waals surface area contributed by atoms with Crippen molar-refractivity contribution in [1.29, 1.82) is 0 Å². The summed E-state index contributed by atoms with van der Waals surface area (Å²) >= 11 is 0. The van der Waals surface area contributed by atoms with Crippen LogP contribution in [-0.2, 0) is 9.53 Å². The fourth-order valence-electron chi connectivity index (χ4n) is 4.06. The first kappa shape index (κ1) is 18.4. The zero-order chi connectivity index (χ0) is 18.1. The Morgan fingerprint density at radius 3 is 2.40 bits per heavy atom.